The van der Waals surface area contributed by atoms with Crippen LogP contribution >= 0.6 is 0 Å². The zero-order valence-corrected chi connectivity index (χ0v) is 23.5. The van der Waals surface area contributed by atoms with Gasteiger partial charge in [-0.3, -0.25) is 0 Å². The molecule has 0 aliphatic rings. The van der Waals surface area contributed by atoms with Gasteiger partial charge in [-0.2, -0.15) is 0 Å². The number of likely N-dealkylation sites (N-methyl/N-ethyl adjacent to an activating group) is 1. The van der Waals surface area contributed by atoms with Crippen molar-refractivity contribution in [3.63, 3.8) is 0 Å². The van der Waals surface area contributed by atoms with Crippen LogP contribution in [0.2, 0.25) is 0 Å². The van der Waals surface area contributed by atoms with Gasteiger partial charge in [0, 0.05) is 26.7 Å². The smallest absolute Gasteiger partial charge is 0.119 e. The van der Waals surface area contributed by atoms with Crippen LogP contribution in [-0.2, 0) is 4.74 Å². The normalized spacial score (nSPS) is 10.4. The van der Waals surface area contributed by atoms with Crippen molar-refractivity contribution in [3.8, 4) is 11.5 Å². The van der Waals surface area contributed by atoms with Gasteiger partial charge in [-0.1, -0.05) is 39.8 Å². The number of nitrogens with one attached hydrogen (secondary N) is 1. The predicted molar refractivity (Wildman–Crippen MR) is 147 cm³/mol. The Morgan fingerprint density at radius 3 is 1.88 bits per heavy atom. The molecule has 0 heterocycles. The van der Waals surface area contributed by atoms with Crippen LogP contribution < -0.4 is 14.8 Å². The van der Waals surface area contributed by atoms with E-state index in [1.165, 1.54) is 22.3 Å². The SMILES string of the molecule is CC.COCCNCCOc1ccc(C)c(C)c1.Cc1ccc(OCCN(C)C)cc1C(C)C. The van der Waals surface area contributed by atoms with Gasteiger partial charge in [0.1, 0.15) is 24.7 Å². The third-order valence-corrected chi connectivity index (χ3v) is 5.19. The lowest BCUT2D eigenvalue weighted by molar-refractivity contribution is 0.197. The summed E-state index contributed by atoms with van der Waals surface area (Å²) >= 11 is 0. The van der Waals surface area contributed by atoms with E-state index in [1.807, 2.05) is 19.9 Å². The Morgan fingerprint density at radius 2 is 1.32 bits per heavy atom. The largest absolute Gasteiger partial charge is 0.492 e. The Balaban J connectivity index is 0.000000597. The zero-order chi connectivity index (χ0) is 25.9. The van der Waals surface area contributed by atoms with Crippen LogP contribution in [-0.4, -0.2) is 65.6 Å². The number of benzene rings is 2. The molecule has 0 aliphatic carbocycles. The molecule has 0 amide bonds. The van der Waals surface area contributed by atoms with Crippen molar-refractivity contribution in [1.82, 2.24) is 10.2 Å². The molecule has 5 nitrogen and oxygen atoms in total. The maximum Gasteiger partial charge on any atom is 0.119 e. The maximum absolute atomic E-state index is 5.72. The molecule has 0 saturated heterocycles. The Hall–Kier alpha value is -2.08. The quantitative estimate of drug-likeness (QED) is 0.382. The summed E-state index contributed by atoms with van der Waals surface area (Å²) in [5.74, 6) is 2.48. The fraction of sp³-hybridized carbons (Fsp3) is 0.586. The summed E-state index contributed by atoms with van der Waals surface area (Å²) in [5, 5.41) is 3.23. The van der Waals surface area contributed by atoms with Gasteiger partial charge in [0.2, 0.25) is 0 Å². The summed E-state index contributed by atoms with van der Waals surface area (Å²) < 4.78 is 16.3. The Kier molecular flexibility index (Phi) is 18.1. The second kappa shape index (κ2) is 19.2. The maximum atomic E-state index is 5.72. The van der Waals surface area contributed by atoms with Gasteiger partial charge >= 0.3 is 0 Å². The van der Waals surface area contributed by atoms with Crippen LogP contribution in [0.3, 0.4) is 0 Å². The van der Waals surface area contributed by atoms with E-state index in [0.717, 1.165) is 44.3 Å². The molecule has 2 aromatic carbocycles. The van der Waals surface area contributed by atoms with Crippen molar-refractivity contribution in [2.24, 2.45) is 0 Å². The third kappa shape index (κ3) is 14.2. The van der Waals surface area contributed by atoms with E-state index in [0.29, 0.717) is 12.5 Å². The number of nitrogens with zero attached hydrogens (tertiary/aromatic N) is 1. The number of aryl methyl sites for hydroxylation is 3. The van der Waals surface area contributed by atoms with Gasteiger partial charge in [-0.05, 0) is 87.3 Å². The molecule has 0 saturated carbocycles. The van der Waals surface area contributed by atoms with Crippen LogP contribution in [0.15, 0.2) is 36.4 Å². The van der Waals surface area contributed by atoms with E-state index in [4.69, 9.17) is 14.2 Å². The third-order valence-electron chi connectivity index (χ3n) is 5.19. The van der Waals surface area contributed by atoms with E-state index in [2.05, 4.69) is 89.3 Å². The molecule has 34 heavy (non-hydrogen) atoms. The first kappa shape index (κ1) is 31.9. The lowest BCUT2D eigenvalue weighted by atomic mass is 9.98. The van der Waals surface area contributed by atoms with Gasteiger partial charge in [0.25, 0.3) is 0 Å². The zero-order valence-electron chi connectivity index (χ0n) is 23.5. The van der Waals surface area contributed by atoms with E-state index >= 15 is 0 Å². The average molecular weight is 475 g/mol. The first-order valence-electron chi connectivity index (χ1n) is 12.5. The monoisotopic (exact) mass is 474 g/mol. The van der Waals surface area contributed by atoms with Crippen molar-refractivity contribution in [1.29, 1.82) is 0 Å². The van der Waals surface area contributed by atoms with E-state index in [-0.39, 0.29) is 0 Å². The highest BCUT2D eigenvalue weighted by molar-refractivity contribution is 5.36. The molecule has 0 unspecified atom stereocenters. The molecule has 0 spiro atoms. The van der Waals surface area contributed by atoms with Crippen LogP contribution in [0.1, 0.15) is 55.9 Å². The lowest BCUT2D eigenvalue weighted by Gasteiger charge is -2.14. The molecule has 2 aromatic rings. The van der Waals surface area contributed by atoms with Gasteiger partial charge < -0.3 is 24.4 Å². The number of ether oxygens (including phenoxy) is 3. The number of hydrogen-bond acceptors (Lipinski definition) is 5. The minimum atomic E-state index is 0.553. The van der Waals surface area contributed by atoms with Crippen LogP contribution in [0.5, 0.6) is 11.5 Å². The highest BCUT2D eigenvalue weighted by atomic mass is 16.5. The predicted octanol–water partition coefficient (Wildman–Crippen LogP) is 6.00. The number of methoxy groups -OCH3 is 1. The van der Waals surface area contributed by atoms with Gasteiger partial charge in [0.05, 0.1) is 6.61 Å². The first-order valence-corrected chi connectivity index (χ1v) is 12.5. The fourth-order valence-electron chi connectivity index (χ4n) is 3.02. The minimum Gasteiger partial charge on any atom is -0.492 e. The molecule has 0 atom stereocenters. The van der Waals surface area contributed by atoms with Crippen LogP contribution in [0.4, 0.5) is 0 Å². The summed E-state index contributed by atoms with van der Waals surface area (Å²) in [6.45, 7) is 19.6. The first-order chi connectivity index (χ1) is 16.2. The summed E-state index contributed by atoms with van der Waals surface area (Å²) in [6.07, 6.45) is 0. The molecule has 5 heteroatoms. The van der Waals surface area contributed by atoms with Crippen molar-refractivity contribution in [2.45, 2.75) is 54.4 Å². The van der Waals surface area contributed by atoms with Gasteiger partial charge in [-0.25, -0.2) is 0 Å². The lowest BCUT2D eigenvalue weighted by Crippen LogP contribution is -2.24. The Labute approximate surface area is 209 Å². The van der Waals surface area contributed by atoms with Crippen molar-refractivity contribution < 1.29 is 14.2 Å². The standard InChI is InChI=1S/C14H23NO.C13H21NO2.C2H6/c1-11(2)14-10-13(7-6-12(14)3)16-9-8-15(4)5;1-11-4-5-13(10-12(11)2)16-9-7-14-6-8-15-3;1-2/h6-7,10-11H,8-9H2,1-5H3;4-5,10,14H,6-9H2,1-3H3;1-2H3. The number of hydrogen-bond donors (Lipinski definition) is 1. The molecule has 0 bridgehead atoms. The van der Waals surface area contributed by atoms with Crippen molar-refractivity contribution >= 4 is 0 Å². The fourth-order valence-corrected chi connectivity index (χ4v) is 3.02. The molecule has 194 valence electrons. The second-order valence-electron chi connectivity index (χ2n) is 8.66. The van der Waals surface area contributed by atoms with E-state index in [9.17, 15) is 0 Å². The minimum absolute atomic E-state index is 0.553. The van der Waals surface area contributed by atoms with Crippen molar-refractivity contribution in [3.05, 3.63) is 58.7 Å². The van der Waals surface area contributed by atoms with Crippen LogP contribution in [0, 0.1) is 20.8 Å². The number of rotatable bonds is 12. The van der Waals surface area contributed by atoms with Crippen molar-refractivity contribution in [2.75, 3.05) is 60.7 Å². The van der Waals surface area contributed by atoms with Crippen LogP contribution in [0.25, 0.3) is 0 Å². The Morgan fingerprint density at radius 1 is 0.765 bits per heavy atom. The molecular formula is C29H50N2O3. The molecule has 0 aromatic heterocycles. The van der Waals surface area contributed by atoms with Gasteiger partial charge in [-0.15, -0.1) is 0 Å². The molecule has 1 N–H and O–H groups in total. The average Bonchev–Trinajstić information content (AvgIpc) is 2.81. The molecule has 0 aliphatic heterocycles. The topological polar surface area (TPSA) is 43.0 Å². The summed E-state index contributed by atoms with van der Waals surface area (Å²) in [5.41, 5.74) is 5.28. The summed E-state index contributed by atoms with van der Waals surface area (Å²) in [4.78, 5) is 2.12. The second-order valence-corrected chi connectivity index (χ2v) is 8.66. The van der Waals surface area contributed by atoms with Gasteiger partial charge in [0.15, 0.2) is 0 Å². The molecule has 2 rings (SSSR count). The van der Waals surface area contributed by atoms with E-state index < -0.39 is 0 Å². The molecule has 0 fully saturated rings. The van der Waals surface area contributed by atoms with E-state index in [1.54, 1.807) is 7.11 Å². The highest BCUT2D eigenvalue weighted by Gasteiger charge is 2.05. The Bertz CT molecular complexity index is 776. The summed E-state index contributed by atoms with van der Waals surface area (Å²) in [6, 6.07) is 12.5. The summed E-state index contributed by atoms with van der Waals surface area (Å²) in [7, 11) is 5.81. The highest BCUT2D eigenvalue weighted by Crippen LogP contribution is 2.24. The molecular weight excluding hydrogens is 424 g/mol. The molecule has 0 radical (unpaired) electrons.